The number of allylic oxidation sites excluding steroid dienone is 1. The van der Waals surface area contributed by atoms with E-state index in [1.807, 2.05) is 0 Å². The van der Waals surface area contributed by atoms with Gasteiger partial charge in [-0.3, -0.25) is 0 Å². The van der Waals surface area contributed by atoms with Gasteiger partial charge in [-0.15, -0.1) is 0 Å². The summed E-state index contributed by atoms with van der Waals surface area (Å²) < 4.78 is 16.9. The first-order valence-electron chi connectivity index (χ1n) is 5.50. The zero-order chi connectivity index (χ0) is 11.3. The zero-order valence-electron chi connectivity index (χ0n) is 10.2. The summed E-state index contributed by atoms with van der Waals surface area (Å²) in [5.74, 6) is 0. The summed E-state index contributed by atoms with van der Waals surface area (Å²) in [7, 11) is 1.68. The third-order valence-electron chi connectivity index (χ3n) is 2.69. The van der Waals surface area contributed by atoms with E-state index in [-0.39, 0.29) is 5.22 Å². The van der Waals surface area contributed by atoms with E-state index in [1.165, 1.54) is 12.0 Å². The fourth-order valence-electron chi connectivity index (χ4n) is 2.19. The maximum atomic E-state index is 5.96. The Bertz CT molecular complexity index is 214. The van der Waals surface area contributed by atoms with Gasteiger partial charge in [0, 0.05) is 20.8 Å². The van der Waals surface area contributed by atoms with E-state index in [9.17, 15) is 0 Å². The van der Waals surface area contributed by atoms with Gasteiger partial charge in [0.05, 0.1) is 0 Å². The van der Waals surface area contributed by atoms with Gasteiger partial charge in [-0.1, -0.05) is 11.6 Å². The molecule has 1 aliphatic heterocycles. The predicted octanol–water partition coefficient (Wildman–Crippen LogP) is 1.94. The molecule has 1 unspecified atom stereocenters. The van der Waals surface area contributed by atoms with Gasteiger partial charge in [-0.2, -0.15) is 0 Å². The van der Waals surface area contributed by atoms with Gasteiger partial charge in [-0.25, -0.2) is 0 Å². The zero-order valence-corrected chi connectivity index (χ0v) is 11.4. The Morgan fingerprint density at radius 3 is 2.33 bits per heavy atom. The van der Waals surface area contributed by atoms with Crippen LogP contribution in [0.5, 0.6) is 0 Å². The predicted molar refractivity (Wildman–Crippen MR) is 63.1 cm³/mol. The number of rotatable bonds is 4. The highest BCUT2D eigenvalue weighted by Crippen LogP contribution is 2.30. The average molecular weight is 230 g/mol. The van der Waals surface area contributed by atoms with Gasteiger partial charge < -0.3 is 13.6 Å². The van der Waals surface area contributed by atoms with E-state index < -0.39 is 9.28 Å². The standard InChI is InChI=1S/C11H22O3Si/c1-10(2)9-11(15(12-3)13-4)7-5-6-8-14-11/h9,15H,5-8H2,1-4H3. The summed E-state index contributed by atoms with van der Waals surface area (Å²) >= 11 is 0. The van der Waals surface area contributed by atoms with E-state index >= 15 is 0 Å². The van der Waals surface area contributed by atoms with Crippen LogP contribution in [-0.2, 0) is 13.6 Å². The Hall–Kier alpha value is -0.163. The minimum Gasteiger partial charge on any atom is -0.398 e. The highest BCUT2D eigenvalue weighted by Gasteiger charge is 2.42. The van der Waals surface area contributed by atoms with Gasteiger partial charge in [0.15, 0.2) is 0 Å². The van der Waals surface area contributed by atoms with Crippen molar-refractivity contribution in [3.05, 3.63) is 11.6 Å². The van der Waals surface area contributed by atoms with E-state index in [2.05, 4.69) is 19.9 Å². The van der Waals surface area contributed by atoms with Crippen molar-refractivity contribution in [3.8, 4) is 0 Å². The Kier molecular flexibility index (Phi) is 4.98. The first kappa shape index (κ1) is 12.9. The van der Waals surface area contributed by atoms with Crippen LogP contribution in [0.25, 0.3) is 0 Å². The normalized spacial score (nSPS) is 26.7. The van der Waals surface area contributed by atoms with Gasteiger partial charge in [0.2, 0.25) is 0 Å². The van der Waals surface area contributed by atoms with Crippen LogP contribution in [0.4, 0.5) is 0 Å². The van der Waals surface area contributed by atoms with E-state index in [0.29, 0.717) is 0 Å². The minimum atomic E-state index is -1.76. The molecule has 1 saturated heterocycles. The second-order valence-electron chi connectivity index (χ2n) is 4.29. The molecule has 0 spiro atoms. The second kappa shape index (κ2) is 5.79. The quantitative estimate of drug-likeness (QED) is 0.546. The molecule has 1 fully saturated rings. The molecule has 0 amide bonds. The highest BCUT2D eigenvalue weighted by atomic mass is 28.3. The summed E-state index contributed by atoms with van der Waals surface area (Å²) in [4.78, 5) is 0. The van der Waals surface area contributed by atoms with Crippen molar-refractivity contribution < 1.29 is 13.6 Å². The van der Waals surface area contributed by atoms with Crippen molar-refractivity contribution in [2.24, 2.45) is 0 Å². The molecule has 1 rings (SSSR count). The number of ether oxygens (including phenoxy) is 1. The lowest BCUT2D eigenvalue weighted by atomic mass is 10.1. The van der Waals surface area contributed by atoms with Crippen LogP contribution in [0.15, 0.2) is 11.6 Å². The van der Waals surface area contributed by atoms with Crippen LogP contribution in [0.1, 0.15) is 33.1 Å². The lowest BCUT2D eigenvalue weighted by molar-refractivity contribution is -0.0155. The molecule has 1 atom stereocenters. The fourth-order valence-corrected chi connectivity index (χ4v) is 4.34. The molecule has 15 heavy (non-hydrogen) atoms. The molecule has 3 nitrogen and oxygen atoms in total. The number of hydrogen-bond donors (Lipinski definition) is 0. The lowest BCUT2D eigenvalue weighted by Gasteiger charge is -2.38. The molecule has 0 radical (unpaired) electrons. The van der Waals surface area contributed by atoms with Crippen molar-refractivity contribution >= 4 is 9.28 Å². The van der Waals surface area contributed by atoms with Crippen molar-refractivity contribution in [2.75, 3.05) is 20.8 Å². The Morgan fingerprint density at radius 1 is 1.27 bits per heavy atom. The maximum Gasteiger partial charge on any atom is 0.358 e. The number of hydrogen-bond acceptors (Lipinski definition) is 3. The Morgan fingerprint density at radius 2 is 1.93 bits per heavy atom. The highest BCUT2D eigenvalue weighted by molar-refractivity contribution is 6.49. The summed E-state index contributed by atoms with van der Waals surface area (Å²) in [5.41, 5.74) is 1.27. The molecule has 0 aromatic heterocycles. The molecule has 0 aromatic rings. The van der Waals surface area contributed by atoms with E-state index in [0.717, 1.165) is 19.4 Å². The molecule has 0 aliphatic carbocycles. The average Bonchev–Trinajstić information content (AvgIpc) is 2.19. The smallest absolute Gasteiger partial charge is 0.358 e. The van der Waals surface area contributed by atoms with Gasteiger partial charge in [-0.05, 0) is 33.1 Å². The third kappa shape index (κ3) is 3.14. The van der Waals surface area contributed by atoms with Crippen LogP contribution >= 0.6 is 0 Å². The van der Waals surface area contributed by atoms with Crippen molar-refractivity contribution in [1.82, 2.24) is 0 Å². The molecule has 88 valence electrons. The summed E-state index contributed by atoms with van der Waals surface area (Å²) in [6.07, 6.45) is 5.56. The first-order valence-corrected chi connectivity index (χ1v) is 7.02. The summed E-state index contributed by atoms with van der Waals surface area (Å²) in [6, 6.07) is 0. The van der Waals surface area contributed by atoms with Crippen molar-refractivity contribution in [1.29, 1.82) is 0 Å². The molecule has 1 heterocycles. The van der Waals surface area contributed by atoms with Crippen LogP contribution in [0.3, 0.4) is 0 Å². The molecule has 0 N–H and O–H groups in total. The third-order valence-corrected chi connectivity index (χ3v) is 4.97. The van der Waals surface area contributed by atoms with Gasteiger partial charge >= 0.3 is 9.28 Å². The molecule has 0 aromatic carbocycles. The molecular weight excluding hydrogens is 208 g/mol. The van der Waals surface area contributed by atoms with Crippen LogP contribution < -0.4 is 0 Å². The maximum absolute atomic E-state index is 5.96. The first-order chi connectivity index (χ1) is 7.14. The lowest BCUT2D eigenvalue weighted by Crippen LogP contribution is -2.51. The minimum absolute atomic E-state index is 0.249. The SMILES string of the molecule is CO[SiH](OC)C1(C=C(C)C)CCCCO1. The second-order valence-corrected chi connectivity index (χ2v) is 6.87. The summed E-state index contributed by atoms with van der Waals surface area (Å²) in [6.45, 7) is 5.01. The monoisotopic (exact) mass is 230 g/mol. The van der Waals surface area contributed by atoms with Gasteiger partial charge in [0.1, 0.15) is 5.22 Å². The molecule has 4 heteroatoms. The largest absolute Gasteiger partial charge is 0.398 e. The van der Waals surface area contributed by atoms with E-state index in [1.54, 1.807) is 14.2 Å². The molecular formula is C11H22O3Si. The van der Waals surface area contributed by atoms with Crippen LogP contribution in [-0.4, -0.2) is 35.3 Å². The Labute approximate surface area is 94.3 Å². The van der Waals surface area contributed by atoms with Crippen molar-refractivity contribution in [3.63, 3.8) is 0 Å². The molecule has 1 aliphatic rings. The van der Waals surface area contributed by atoms with E-state index in [4.69, 9.17) is 13.6 Å². The summed E-state index contributed by atoms with van der Waals surface area (Å²) in [5, 5.41) is -0.249. The fraction of sp³-hybridized carbons (Fsp3) is 0.818. The van der Waals surface area contributed by atoms with Crippen LogP contribution in [0, 0.1) is 0 Å². The van der Waals surface area contributed by atoms with Crippen LogP contribution in [0.2, 0.25) is 0 Å². The van der Waals surface area contributed by atoms with Crippen molar-refractivity contribution in [2.45, 2.75) is 38.3 Å². The topological polar surface area (TPSA) is 27.7 Å². The molecule has 0 bridgehead atoms. The molecule has 0 saturated carbocycles. The van der Waals surface area contributed by atoms with Gasteiger partial charge in [0.25, 0.3) is 0 Å². The Balaban J connectivity index is 2.88.